The summed E-state index contributed by atoms with van der Waals surface area (Å²) in [5.74, 6) is -0.234. The fourth-order valence-corrected chi connectivity index (χ4v) is 3.82. The molecule has 1 fully saturated rings. The van der Waals surface area contributed by atoms with E-state index in [0.717, 1.165) is 36.3 Å². The van der Waals surface area contributed by atoms with Crippen molar-refractivity contribution in [2.75, 3.05) is 19.8 Å². The molecule has 0 amide bonds. The van der Waals surface area contributed by atoms with Crippen LogP contribution in [-0.2, 0) is 22.7 Å². The van der Waals surface area contributed by atoms with Crippen LogP contribution in [0.4, 0.5) is 0 Å². The zero-order valence-corrected chi connectivity index (χ0v) is 19.1. The lowest BCUT2D eigenvalue weighted by atomic mass is 10.1. The van der Waals surface area contributed by atoms with Crippen LogP contribution in [0.15, 0.2) is 36.5 Å². The molecule has 9 nitrogen and oxygen atoms in total. The SMILES string of the molecule is CCCN(Cc1nc2ccc(C(=O)O)cc2n1C[C@@H]1CCO1)OCC(O)c1ccc(Cl)cn1. The fourth-order valence-electron chi connectivity index (χ4n) is 3.70. The maximum atomic E-state index is 11.5. The van der Waals surface area contributed by atoms with Gasteiger partial charge in [0.05, 0.1) is 46.5 Å². The number of pyridine rings is 1. The molecule has 4 rings (SSSR count). The number of nitrogens with zero attached hydrogens (tertiary/aromatic N) is 4. The lowest BCUT2D eigenvalue weighted by molar-refractivity contribution is -0.188. The van der Waals surface area contributed by atoms with Crippen LogP contribution in [0, 0.1) is 0 Å². The Kier molecular flexibility index (Phi) is 7.56. The standard InChI is InChI=1S/C23H27ClN4O5/c1-2-8-27(33-14-21(29)19-6-4-16(24)11-25-19)13-22-26-18-5-3-15(23(30)31)10-20(18)28(22)12-17-7-9-32-17/h3-6,10-11,17,21,29H,2,7-9,12-14H2,1H3,(H,30,31)/t17-,21?/m0/s1. The molecule has 1 saturated heterocycles. The Bertz CT molecular complexity index is 1100. The molecule has 1 unspecified atom stereocenters. The van der Waals surface area contributed by atoms with Crippen molar-refractivity contribution >= 4 is 28.6 Å². The molecule has 3 aromatic rings. The smallest absolute Gasteiger partial charge is 0.335 e. The number of halogens is 1. The molecule has 1 aliphatic rings. The molecule has 2 atom stereocenters. The summed E-state index contributed by atoms with van der Waals surface area (Å²) >= 11 is 5.87. The molecule has 2 N–H and O–H groups in total. The van der Waals surface area contributed by atoms with Gasteiger partial charge in [-0.25, -0.2) is 9.78 Å². The lowest BCUT2D eigenvalue weighted by Crippen LogP contribution is -2.33. The molecule has 3 heterocycles. The van der Waals surface area contributed by atoms with Crippen molar-refractivity contribution in [1.29, 1.82) is 0 Å². The number of benzene rings is 1. The Balaban J connectivity index is 1.54. The van der Waals surface area contributed by atoms with Crippen molar-refractivity contribution in [2.24, 2.45) is 0 Å². The number of fused-ring (bicyclic) bond motifs is 1. The number of aliphatic hydroxyl groups excluding tert-OH is 1. The van der Waals surface area contributed by atoms with E-state index in [1.807, 2.05) is 11.5 Å². The van der Waals surface area contributed by atoms with Crippen molar-refractivity contribution in [2.45, 2.75) is 45.1 Å². The van der Waals surface area contributed by atoms with Crippen molar-refractivity contribution < 1.29 is 24.6 Å². The van der Waals surface area contributed by atoms with Crippen molar-refractivity contribution in [1.82, 2.24) is 19.6 Å². The first-order chi connectivity index (χ1) is 15.9. The number of carbonyl (C=O) groups is 1. The normalized spacial score (nSPS) is 16.8. The van der Waals surface area contributed by atoms with E-state index in [2.05, 4.69) is 4.98 Å². The van der Waals surface area contributed by atoms with Crippen LogP contribution < -0.4 is 0 Å². The molecule has 33 heavy (non-hydrogen) atoms. The van der Waals surface area contributed by atoms with Crippen LogP contribution in [0.5, 0.6) is 0 Å². The largest absolute Gasteiger partial charge is 0.478 e. The second-order valence-corrected chi connectivity index (χ2v) is 8.44. The number of aromatic carboxylic acids is 1. The summed E-state index contributed by atoms with van der Waals surface area (Å²) in [4.78, 5) is 26.3. The molecule has 0 spiro atoms. The zero-order valence-electron chi connectivity index (χ0n) is 18.4. The van der Waals surface area contributed by atoms with Gasteiger partial charge in [0.25, 0.3) is 0 Å². The molecule has 1 aromatic carbocycles. The van der Waals surface area contributed by atoms with Gasteiger partial charge in [0, 0.05) is 19.3 Å². The number of aromatic nitrogens is 3. The number of ether oxygens (including phenoxy) is 1. The summed E-state index contributed by atoms with van der Waals surface area (Å²) in [6, 6.07) is 8.27. The number of imidazole rings is 1. The Hall–Kier alpha value is -2.56. The van der Waals surface area contributed by atoms with E-state index in [1.54, 1.807) is 35.4 Å². The molecule has 1 aliphatic heterocycles. The Labute approximate surface area is 196 Å². The molecular weight excluding hydrogens is 448 g/mol. The van der Waals surface area contributed by atoms with Gasteiger partial charge in [-0.05, 0) is 43.2 Å². The molecule has 10 heteroatoms. The number of carboxylic acid groups (broad SMARTS) is 1. The van der Waals surface area contributed by atoms with E-state index in [-0.39, 0.29) is 18.3 Å². The monoisotopic (exact) mass is 474 g/mol. The molecule has 0 saturated carbocycles. The van der Waals surface area contributed by atoms with E-state index in [1.165, 1.54) is 6.20 Å². The molecule has 2 aromatic heterocycles. The first kappa shape index (κ1) is 23.6. The molecular formula is C23H27ClN4O5. The van der Waals surface area contributed by atoms with Crippen LogP contribution in [-0.4, -0.2) is 61.6 Å². The summed E-state index contributed by atoms with van der Waals surface area (Å²) in [5.41, 5.74) is 2.16. The highest BCUT2D eigenvalue weighted by Crippen LogP contribution is 2.24. The minimum Gasteiger partial charge on any atom is -0.478 e. The minimum absolute atomic E-state index is 0.0315. The van der Waals surface area contributed by atoms with E-state index >= 15 is 0 Å². The molecule has 0 aliphatic carbocycles. The van der Waals surface area contributed by atoms with Gasteiger partial charge < -0.3 is 19.5 Å². The van der Waals surface area contributed by atoms with Crippen LogP contribution in [0.25, 0.3) is 11.0 Å². The van der Waals surface area contributed by atoms with Crippen molar-refractivity contribution in [3.63, 3.8) is 0 Å². The maximum Gasteiger partial charge on any atom is 0.335 e. The zero-order chi connectivity index (χ0) is 23.4. The van der Waals surface area contributed by atoms with Gasteiger partial charge in [-0.1, -0.05) is 18.5 Å². The topological polar surface area (TPSA) is 110 Å². The fraction of sp³-hybridized carbons (Fsp3) is 0.435. The van der Waals surface area contributed by atoms with Gasteiger partial charge in [-0.2, -0.15) is 5.06 Å². The Morgan fingerprint density at radius 3 is 2.85 bits per heavy atom. The van der Waals surface area contributed by atoms with Gasteiger partial charge in [-0.15, -0.1) is 0 Å². The third-order valence-corrected chi connectivity index (χ3v) is 5.77. The van der Waals surface area contributed by atoms with Crippen molar-refractivity contribution in [3.05, 3.63) is 58.6 Å². The summed E-state index contributed by atoms with van der Waals surface area (Å²) < 4.78 is 7.62. The average Bonchev–Trinajstić information content (AvgIpc) is 3.11. The van der Waals surface area contributed by atoms with Gasteiger partial charge in [0.15, 0.2) is 0 Å². The van der Waals surface area contributed by atoms with Gasteiger partial charge in [0.1, 0.15) is 18.5 Å². The van der Waals surface area contributed by atoms with Crippen LogP contribution in [0.2, 0.25) is 5.02 Å². The number of hydrogen-bond acceptors (Lipinski definition) is 7. The van der Waals surface area contributed by atoms with Gasteiger partial charge >= 0.3 is 5.97 Å². The summed E-state index contributed by atoms with van der Waals surface area (Å²) in [7, 11) is 0. The molecule has 0 radical (unpaired) electrons. The van der Waals surface area contributed by atoms with Crippen LogP contribution >= 0.6 is 11.6 Å². The Morgan fingerprint density at radius 2 is 2.21 bits per heavy atom. The number of hydroxylamine groups is 2. The second-order valence-electron chi connectivity index (χ2n) is 8.01. The highest BCUT2D eigenvalue weighted by molar-refractivity contribution is 6.30. The van der Waals surface area contributed by atoms with Gasteiger partial charge in [0.2, 0.25) is 0 Å². The predicted molar refractivity (Wildman–Crippen MR) is 122 cm³/mol. The summed E-state index contributed by atoms with van der Waals surface area (Å²) in [6.07, 6.45) is 2.45. The van der Waals surface area contributed by atoms with Gasteiger partial charge in [-0.3, -0.25) is 9.82 Å². The average molecular weight is 475 g/mol. The quantitative estimate of drug-likeness (QED) is 0.407. The lowest BCUT2D eigenvalue weighted by Gasteiger charge is -2.28. The highest BCUT2D eigenvalue weighted by Gasteiger charge is 2.24. The van der Waals surface area contributed by atoms with E-state index < -0.39 is 12.1 Å². The highest BCUT2D eigenvalue weighted by atomic mass is 35.5. The number of aliphatic hydroxyl groups is 1. The summed E-state index contributed by atoms with van der Waals surface area (Å²) in [6.45, 7) is 4.39. The van der Waals surface area contributed by atoms with E-state index in [0.29, 0.717) is 30.4 Å². The number of hydrogen-bond donors (Lipinski definition) is 2. The van der Waals surface area contributed by atoms with Crippen LogP contribution in [0.1, 0.15) is 47.7 Å². The van der Waals surface area contributed by atoms with E-state index in [9.17, 15) is 15.0 Å². The maximum absolute atomic E-state index is 11.5. The number of carboxylic acids is 1. The first-order valence-corrected chi connectivity index (χ1v) is 11.3. The minimum atomic E-state index is -0.980. The van der Waals surface area contributed by atoms with E-state index in [4.69, 9.17) is 26.2 Å². The summed E-state index contributed by atoms with van der Waals surface area (Å²) in [5, 5.41) is 22.1. The third-order valence-electron chi connectivity index (χ3n) is 5.55. The van der Waals surface area contributed by atoms with Crippen molar-refractivity contribution in [3.8, 4) is 0 Å². The molecule has 176 valence electrons. The third kappa shape index (κ3) is 5.69. The second kappa shape index (κ2) is 10.6. The number of rotatable bonds is 11. The van der Waals surface area contributed by atoms with Crippen LogP contribution in [0.3, 0.4) is 0 Å². The first-order valence-electron chi connectivity index (χ1n) is 11.0. The molecule has 0 bridgehead atoms. The predicted octanol–water partition coefficient (Wildman–Crippen LogP) is 3.45. The Morgan fingerprint density at radius 1 is 1.39 bits per heavy atom.